The first-order chi connectivity index (χ1) is 15.2. The predicted octanol–water partition coefficient (Wildman–Crippen LogP) is 4.68. The van der Waals surface area contributed by atoms with Gasteiger partial charge in [0.1, 0.15) is 5.82 Å². The summed E-state index contributed by atoms with van der Waals surface area (Å²) < 4.78 is 12.5. The lowest BCUT2D eigenvalue weighted by Gasteiger charge is -2.32. The molecule has 1 aliphatic carbocycles. The average Bonchev–Trinajstić information content (AvgIpc) is 3.51. The van der Waals surface area contributed by atoms with Gasteiger partial charge in [0.15, 0.2) is 0 Å². The number of benzene rings is 2. The molecule has 6 rings (SSSR count). The minimum Gasteiger partial charge on any atom is -0.399 e. The van der Waals surface area contributed by atoms with Crippen molar-refractivity contribution >= 4 is 23.4 Å². The summed E-state index contributed by atoms with van der Waals surface area (Å²) in [4.78, 5) is 10.9. The first-order valence-corrected chi connectivity index (χ1v) is 11.9. The third-order valence-electron chi connectivity index (χ3n) is 8.48. The highest BCUT2D eigenvalue weighted by molar-refractivity contribution is 6.62. The number of nitrogens with one attached hydrogen (secondary N) is 1. The van der Waals surface area contributed by atoms with E-state index in [1.165, 1.54) is 35.6 Å². The van der Waals surface area contributed by atoms with Gasteiger partial charge in [-0.1, -0.05) is 30.3 Å². The first-order valence-electron chi connectivity index (χ1n) is 11.9. The molecule has 2 saturated heterocycles. The summed E-state index contributed by atoms with van der Waals surface area (Å²) in [6.07, 6.45) is 5.98. The van der Waals surface area contributed by atoms with Crippen molar-refractivity contribution in [2.75, 3.05) is 7.05 Å². The van der Waals surface area contributed by atoms with E-state index in [0.29, 0.717) is 6.04 Å². The number of H-pyrrole nitrogens is 1. The molecule has 0 amide bonds. The summed E-state index contributed by atoms with van der Waals surface area (Å²) in [6.45, 7) is 8.36. The first kappa shape index (κ1) is 20.5. The SMILES string of the molecule is CN1[C@@H]2CC[C@@H](C2)[C@H]1c1ncc(-c2ccc3cc(B4OC(C)(C)C(C)(C)O4)ccc3c2)[nH]1. The Kier molecular flexibility index (Phi) is 4.43. The summed E-state index contributed by atoms with van der Waals surface area (Å²) >= 11 is 0. The van der Waals surface area contributed by atoms with Crippen LogP contribution in [-0.2, 0) is 9.31 Å². The number of aromatic nitrogens is 2. The number of piperidine rings is 1. The van der Waals surface area contributed by atoms with E-state index >= 15 is 0 Å². The third-order valence-corrected chi connectivity index (χ3v) is 8.48. The molecule has 0 unspecified atom stereocenters. The molecule has 0 spiro atoms. The highest BCUT2D eigenvalue weighted by atomic mass is 16.7. The van der Waals surface area contributed by atoms with E-state index in [2.05, 4.69) is 81.0 Å². The van der Waals surface area contributed by atoms with Crippen LogP contribution in [0.2, 0.25) is 0 Å². The fraction of sp³-hybridized carbons (Fsp3) is 0.500. The summed E-state index contributed by atoms with van der Waals surface area (Å²) in [7, 11) is 1.92. The molecule has 6 heteroatoms. The van der Waals surface area contributed by atoms with E-state index in [9.17, 15) is 0 Å². The van der Waals surface area contributed by atoms with Gasteiger partial charge in [0.2, 0.25) is 0 Å². The Hall–Kier alpha value is -2.15. The maximum Gasteiger partial charge on any atom is 0.494 e. The minimum atomic E-state index is -0.335. The zero-order chi connectivity index (χ0) is 22.3. The van der Waals surface area contributed by atoms with Crippen LogP contribution in [0.4, 0.5) is 0 Å². The maximum atomic E-state index is 6.23. The van der Waals surface area contributed by atoms with Gasteiger partial charge >= 0.3 is 7.12 Å². The largest absolute Gasteiger partial charge is 0.494 e. The van der Waals surface area contributed by atoms with Crippen molar-refractivity contribution in [3.63, 3.8) is 0 Å². The van der Waals surface area contributed by atoms with Gasteiger partial charge in [-0.3, -0.25) is 4.90 Å². The molecule has 3 aliphatic rings. The Balaban J connectivity index is 1.27. The molecular formula is C26H32BN3O2. The van der Waals surface area contributed by atoms with Gasteiger partial charge in [0.25, 0.3) is 0 Å². The third kappa shape index (κ3) is 3.07. The van der Waals surface area contributed by atoms with Gasteiger partial charge in [-0.2, -0.15) is 0 Å². The van der Waals surface area contributed by atoms with Crippen LogP contribution in [0.1, 0.15) is 58.8 Å². The highest BCUT2D eigenvalue weighted by Gasteiger charge is 2.51. The van der Waals surface area contributed by atoms with E-state index < -0.39 is 0 Å². The van der Waals surface area contributed by atoms with Gasteiger partial charge in [-0.15, -0.1) is 0 Å². The highest BCUT2D eigenvalue weighted by Crippen LogP contribution is 2.48. The molecular weight excluding hydrogens is 397 g/mol. The Morgan fingerprint density at radius 1 is 1.00 bits per heavy atom. The molecule has 166 valence electrons. The smallest absolute Gasteiger partial charge is 0.399 e. The van der Waals surface area contributed by atoms with Crippen LogP contribution in [-0.4, -0.2) is 46.3 Å². The quantitative estimate of drug-likeness (QED) is 0.614. The Morgan fingerprint density at radius 3 is 2.44 bits per heavy atom. The van der Waals surface area contributed by atoms with Crippen LogP contribution in [0.15, 0.2) is 42.6 Å². The standard InChI is InChI=1S/C26H32BN3O2/c1-25(2)26(3,4)32-27(31-25)20-10-8-16-12-18(7-6-17(16)13-20)22-15-28-24(29-22)23-19-9-11-21(14-19)30(23)5/h6-8,10,12-13,15,19,21,23H,9,11,14H2,1-5H3,(H,28,29)/t19-,21+,23-/m0/s1. The molecule has 1 N–H and O–H groups in total. The molecule has 3 atom stereocenters. The number of imidazole rings is 1. The number of rotatable bonds is 3. The molecule has 0 radical (unpaired) electrons. The van der Waals surface area contributed by atoms with E-state index in [1.807, 2.05) is 6.20 Å². The van der Waals surface area contributed by atoms with Crippen LogP contribution in [0, 0.1) is 5.92 Å². The molecule has 32 heavy (non-hydrogen) atoms. The van der Waals surface area contributed by atoms with E-state index in [4.69, 9.17) is 14.3 Å². The lowest BCUT2D eigenvalue weighted by atomic mass is 9.78. The number of hydrogen-bond donors (Lipinski definition) is 1. The Bertz CT molecular complexity index is 1170. The number of nitrogens with zero attached hydrogens (tertiary/aromatic N) is 2. The Morgan fingerprint density at radius 2 is 1.72 bits per heavy atom. The molecule has 1 aromatic heterocycles. The monoisotopic (exact) mass is 429 g/mol. The molecule has 3 fully saturated rings. The number of hydrogen-bond acceptors (Lipinski definition) is 4. The van der Waals surface area contributed by atoms with Gasteiger partial charge in [0, 0.05) is 11.6 Å². The Labute approximate surface area is 190 Å². The van der Waals surface area contributed by atoms with Crippen LogP contribution < -0.4 is 5.46 Å². The number of likely N-dealkylation sites (tertiary alicyclic amines) is 1. The minimum absolute atomic E-state index is 0.332. The van der Waals surface area contributed by atoms with Crippen LogP contribution in [0.25, 0.3) is 22.0 Å². The molecule has 3 aromatic rings. The zero-order valence-electron chi connectivity index (χ0n) is 19.7. The van der Waals surface area contributed by atoms with Crippen LogP contribution in [0.5, 0.6) is 0 Å². The van der Waals surface area contributed by atoms with Crippen molar-refractivity contribution in [1.82, 2.24) is 14.9 Å². The molecule has 2 aromatic carbocycles. The van der Waals surface area contributed by atoms with Crippen molar-refractivity contribution < 1.29 is 9.31 Å². The van der Waals surface area contributed by atoms with Gasteiger partial charge in [-0.05, 0) is 82.2 Å². The summed E-state index contributed by atoms with van der Waals surface area (Å²) in [5, 5.41) is 2.39. The summed E-state index contributed by atoms with van der Waals surface area (Å²) in [6, 6.07) is 14.2. The second-order valence-electron chi connectivity index (χ2n) is 10.9. The van der Waals surface area contributed by atoms with Crippen LogP contribution >= 0.6 is 0 Å². The molecule has 5 nitrogen and oxygen atoms in total. The van der Waals surface area contributed by atoms with Crippen LogP contribution in [0.3, 0.4) is 0 Å². The summed E-state index contributed by atoms with van der Waals surface area (Å²) in [5.41, 5.74) is 2.66. The molecule has 2 aliphatic heterocycles. The normalized spacial score (nSPS) is 28.8. The lowest BCUT2D eigenvalue weighted by Crippen LogP contribution is -2.41. The summed E-state index contributed by atoms with van der Waals surface area (Å²) in [5.74, 6) is 1.86. The predicted molar refractivity (Wildman–Crippen MR) is 129 cm³/mol. The fourth-order valence-corrected chi connectivity index (χ4v) is 5.82. The lowest BCUT2D eigenvalue weighted by molar-refractivity contribution is 0.00578. The molecule has 1 saturated carbocycles. The van der Waals surface area contributed by atoms with E-state index in [-0.39, 0.29) is 18.3 Å². The van der Waals surface area contributed by atoms with Crippen molar-refractivity contribution in [3.05, 3.63) is 48.4 Å². The zero-order valence-corrected chi connectivity index (χ0v) is 19.7. The van der Waals surface area contributed by atoms with Crippen molar-refractivity contribution in [1.29, 1.82) is 0 Å². The average molecular weight is 429 g/mol. The van der Waals surface area contributed by atoms with Gasteiger partial charge < -0.3 is 14.3 Å². The van der Waals surface area contributed by atoms with Crippen molar-refractivity contribution in [3.8, 4) is 11.3 Å². The maximum absolute atomic E-state index is 6.23. The van der Waals surface area contributed by atoms with Gasteiger partial charge in [0.05, 0.1) is 29.1 Å². The second-order valence-corrected chi connectivity index (χ2v) is 10.9. The van der Waals surface area contributed by atoms with E-state index in [1.54, 1.807) is 0 Å². The van der Waals surface area contributed by atoms with Crippen molar-refractivity contribution in [2.45, 2.75) is 70.2 Å². The molecule has 2 bridgehead atoms. The molecule has 3 heterocycles. The number of aromatic amines is 1. The van der Waals surface area contributed by atoms with Gasteiger partial charge in [-0.25, -0.2) is 4.98 Å². The van der Waals surface area contributed by atoms with E-state index in [0.717, 1.165) is 28.9 Å². The topological polar surface area (TPSA) is 50.4 Å². The number of fused-ring (bicyclic) bond motifs is 3. The van der Waals surface area contributed by atoms with Crippen molar-refractivity contribution in [2.24, 2.45) is 5.92 Å². The second kappa shape index (κ2) is 6.93. The fourth-order valence-electron chi connectivity index (χ4n) is 5.82.